The smallest absolute Gasteiger partial charge is 0.429 e. The Kier molecular flexibility index (Phi) is 9.84. The highest BCUT2D eigenvalue weighted by atomic mass is 19.3. The summed E-state index contributed by atoms with van der Waals surface area (Å²) in [7, 11) is 0. The molecule has 0 amide bonds. The van der Waals surface area contributed by atoms with Crippen molar-refractivity contribution in [2.45, 2.75) is 57.5 Å². The maximum absolute atomic E-state index is 15.2. The van der Waals surface area contributed by atoms with Crippen molar-refractivity contribution in [1.29, 1.82) is 0 Å². The molecule has 0 saturated heterocycles. The van der Waals surface area contributed by atoms with Gasteiger partial charge in [-0.25, -0.2) is 30.7 Å². The van der Waals surface area contributed by atoms with E-state index in [1.165, 1.54) is 12.1 Å². The summed E-state index contributed by atoms with van der Waals surface area (Å²) in [6, 6.07) is 9.32. The predicted octanol–water partition coefficient (Wildman–Crippen LogP) is 11.8. The van der Waals surface area contributed by atoms with Crippen molar-refractivity contribution in [2.75, 3.05) is 0 Å². The second kappa shape index (κ2) is 13.6. The first-order valence-corrected chi connectivity index (χ1v) is 14.8. The Morgan fingerprint density at radius 2 is 1.24 bits per heavy atom. The Hall–Kier alpha value is -4.21. The third kappa shape index (κ3) is 7.11. The summed E-state index contributed by atoms with van der Waals surface area (Å²) >= 11 is 0. The lowest BCUT2D eigenvalue weighted by Crippen LogP contribution is -2.25. The highest BCUT2D eigenvalue weighted by Crippen LogP contribution is 2.40. The van der Waals surface area contributed by atoms with E-state index >= 15 is 8.78 Å². The van der Waals surface area contributed by atoms with Crippen molar-refractivity contribution in [2.24, 2.45) is 5.92 Å². The molecular formula is C36H29F9O. The van der Waals surface area contributed by atoms with Crippen molar-refractivity contribution >= 4 is 0 Å². The first-order chi connectivity index (χ1) is 21.9. The van der Waals surface area contributed by atoms with Gasteiger partial charge in [0.05, 0.1) is 0 Å². The van der Waals surface area contributed by atoms with E-state index in [1.54, 1.807) is 6.07 Å². The van der Waals surface area contributed by atoms with Gasteiger partial charge in [-0.2, -0.15) is 8.78 Å². The summed E-state index contributed by atoms with van der Waals surface area (Å²) in [4.78, 5) is 0. The van der Waals surface area contributed by atoms with Crippen LogP contribution < -0.4 is 4.74 Å². The number of alkyl halides is 2. The molecule has 5 rings (SSSR count). The summed E-state index contributed by atoms with van der Waals surface area (Å²) in [5.41, 5.74) is -1.58. The summed E-state index contributed by atoms with van der Waals surface area (Å²) in [5.74, 6) is -11.3. The van der Waals surface area contributed by atoms with Gasteiger partial charge in [0.1, 0.15) is 34.6 Å². The molecular weight excluding hydrogens is 619 g/mol. The Balaban J connectivity index is 1.33. The van der Waals surface area contributed by atoms with Gasteiger partial charge in [0.2, 0.25) is 0 Å². The van der Waals surface area contributed by atoms with E-state index in [0.29, 0.717) is 18.1 Å². The topological polar surface area (TPSA) is 9.23 Å². The average molecular weight is 649 g/mol. The lowest BCUT2D eigenvalue weighted by molar-refractivity contribution is -0.189. The summed E-state index contributed by atoms with van der Waals surface area (Å²) in [6.07, 6.45) is 5.65. The van der Waals surface area contributed by atoms with E-state index in [1.807, 2.05) is 19.1 Å². The standard InChI is InChI=1S/C36H29F9O/c1-2-3-4-5-20-6-8-21(9-7-20)22-10-12-26(28(37)14-22)23-11-13-27(29(38)15-23)24-16-30(39)34(31(40)17-24)36(44,45)46-25-18-32(41)35(43)33(42)19-25/h2-3,10-21H,4-9H2,1H3/b3-2+. The van der Waals surface area contributed by atoms with Gasteiger partial charge in [-0.3, -0.25) is 0 Å². The van der Waals surface area contributed by atoms with Crippen LogP contribution in [-0.2, 0) is 6.11 Å². The molecule has 1 nitrogen and oxygen atoms in total. The number of hydrogen-bond acceptors (Lipinski definition) is 1. The Morgan fingerprint density at radius 1 is 0.674 bits per heavy atom. The molecule has 4 aromatic rings. The zero-order valence-corrected chi connectivity index (χ0v) is 24.6. The van der Waals surface area contributed by atoms with E-state index in [0.717, 1.165) is 56.2 Å². The molecule has 46 heavy (non-hydrogen) atoms. The van der Waals surface area contributed by atoms with Gasteiger partial charge in [0.25, 0.3) is 0 Å². The zero-order chi connectivity index (χ0) is 33.2. The van der Waals surface area contributed by atoms with Gasteiger partial charge in [-0.05, 0) is 98.2 Å². The molecule has 0 N–H and O–H groups in total. The first kappa shape index (κ1) is 33.2. The maximum Gasteiger partial charge on any atom is 0.432 e. The second-order valence-corrected chi connectivity index (χ2v) is 11.4. The molecule has 0 bridgehead atoms. The van der Waals surface area contributed by atoms with Crippen LogP contribution in [0, 0.1) is 46.6 Å². The highest BCUT2D eigenvalue weighted by Gasteiger charge is 2.41. The number of allylic oxidation sites excluding steroid dienone is 2. The zero-order valence-electron chi connectivity index (χ0n) is 24.6. The molecule has 4 aromatic carbocycles. The fourth-order valence-electron chi connectivity index (χ4n) is 6.02. The third-order valence-corrected chi connectivity index (χ3v) is 8.42. The first-order valence-electron chi connectivity index (χ1n) is 14.8. The van der Waals surface area contributed by atoms with Gasteiger partial charge in [-0.15, -0.1) is 0 Å². The average Bonchev–Trinajstić information content (AvgIpc) is 2.99. The van der Waals surface area contributed by atoms with Crippen LogP contribution in [0.15, 0.2) is 72.8 Å². The number of rotatable bonds is 9. The molecule has 0 aromatic heterocycles. The van der Waals surface area contributed by atoms with Crippen molar-refractivity contribution in [3.8, 4) is 28.0 Å². The predicted molar refractivity (Wildman–Crippen MR) is 157 cm³/mol. The molecule has 10 heteroatoms. The van der Waals surface area contributed by atoms with Crippen LogP contribution in [0.2, 0.25) is 0 Å². The van der Waals surface area contributed by atoms with Crippen LogP contribution in [0.5, 0.6) is 5.75 Å². The van der Waals surface area contributed by atoms with Gasteiger partial charge < -0.3 is 4.74 Å². The molecule has 242 valence electrons. The second-order valence-electron chi connectivity index (χ2n) is 11.4. The van der Waals surface area contributed by atoms with Crippen molar-refractivity contribution in [3.63, 3.8) is 0 Å². The van der Waals surface area contributed by atoms with Crippen LogP contribution in [0.4, 0.5) is 39.5 Å². The molecule has 1 aliphatic rings. The number of benzene rings is 4. The Bertz CT molecular complexity index is 1710. The minimum atomic E-state index is -4.79. The van der Waals surface area contributed by atoms with Gasteiger partial charge in [-0.1, -0.05) is 36.4 Å². The summed E-state index contributed by atoms with van der Waals surface area (Å²) in [6.45, 7) is 2.00. The lowest BCUT2D eigenvalue weighted by Gasteiger charge is -2.28. The van der Waals surface area contributed by atoms with Gasteiger partial charge >= 0.3 is 6.11 Å². The largest absolute Gasteiger partial charge is 0.432 e. The minimum absolute atomic E-state index is 0.0857. The quantitative estimate of drug-likeness (QED) is 0.0997. The van der Waals surface area contributed by atoms with Gasteiger partial charge in [0.15, 0.2) is 17.5 Å². The Morgan fingerprint density at radius 3 is 1.83 bits per heavy atom. The van der Waals surface area contributed by atoms with Crippen molar-refractivity contribution < 1.29 is 44.3 Å². The normalized spacial score (nSPS) is 17.1. The maximum atomic E-state index is 15.2. The van der Waals surface area contributed by atoms with Crippen LogP contribution >= 0.6 is 0 Å². The molecule has 0 spiro atoms. The van der Waals surface area contributed by atoms with E-state index < -0.39 is 63.7 Å². The van der Waals surface area contributed by atoms with E-state index in [2.05, 4.69) is 10.8 Å². The van der Waals surface area contributed by atoms with E-state index in [-0.39, 0.29) is 34.7 Å². The number of halogens is 9. The molecule has 1 saturated carbocycles. The Labute approximate surface area is 260 Å². The van der Waals surface area contributed by atoms with Crippen LogP contribution in [0.25, 0.3) is 22.3 Å². The molecule has 0 radical (unpaired) electrons. The summed E-state index contributed by atoms with van der Waals surface area (Å²) < 4.78 is 134. The molecule has 1 fully saturated rings. The molecule has 1 aliphatic carbocycles. The minimum Gasteiger partial charge on any atom is -0.429 e. The molecule has 0 aliphatic heterocycles. The molecule has 0 unspecified atom stereocenters. The fraction of sp³-hybridized carbons (Fsp3) is 0.278. The number of ether oxygens (including phenoxy) is 1. The van der Waals surface area contributed by atoms with Crippen molar-refractivity contribution in [1.82, 2.24) is 0 Å². The SMILES string of the molecule is C/C=C/CCC1CCC(c2ccc(-c3ccc(-c4cc(F)c(C(F)(F)Oc5cc(F)c(F)c(F)c5)c(F)c4)c(F)c3)c(F)c2)CC1. The van der Waals surface area contributed by atoms with E-state index in [4.69, 9.17) is 0 Å². The van der Waals surface area contributed by atoms with Crippen LogP contribution in [0.1, 0.15) is 62.5 Å². The molecule has 0 heterocycles. The highest BCUT2D eigenvalue weighted by molar-refractivity contribution is 5.72. The fourth-order valence-corrected chi connectivity index (χ4v) is 6.02. The summed E-state index contributed by atoms with van der Waals surface area (Å²) in [5, 5.41) is 0. The van der Waals surface area contributed by atoms with E-state index in [9.17, 15) is 30.7 Å². The molecule has 0 atom stereocenters. The third-order valence-electron chi connectivity index (χ3n) is 8.42. The lowest BCUT2D eigenvalue weighted by atomic mass is 9.77. The number of hydrogen-bond donors (Lipinski definition) is 0. The van der Waals surface area contributed by atoms with Gasteiger partial charge in [0, 0.05) is 23.3 Å². The van der Waals surface area contributed by atoms with Crippen LogP contribution in [0.3, 0.4) is 0 Å². The van der Waals surface area contributed by atoms with Crippen molar-refractivity contribution in [3.05, 3.63) is 125 Å². The van der Waals surface area contributed by atoms with Crippen LogP contribution in [-0.4, -0.2) is 0 Å². The monoisotopic (exact) mass is 648 g/mol.